The zero-order chi connectivity index (χ0) is 20.5. The number of nitrogens with one attached hydrogen (secondary N) is 1. The zero-order valence-electron chi connectivity index (χ0n) is 16.2. The molecule has 29 heavy (non-hydrogen) atoms. The van der Waals surface area contributed by atoms with Crippen molar-refractivity contribution >= 4 is 51.2 Å². The van der Waals surface area contributed by atoms with Crippen molar-refractivity contribution in [3.63, 3.8) is 0 Å². The molecule has 1 aromatic heterocycles. The lowest BCUT2D eigenvalue weighted by molar-refractivity contribution is 0.401. The minimum atomic E-state index is -0.399. The molecule has 2 aliphatic rings. The molecule has 7 heteroatoms. The van der Waals surface area contributed by atoms with Crippen molar-refractivity contribution in [1.29, 1.82) is 0 Å². The number of fused-ring (bicyclic) bond motifs is 1. The van der Waals surface area contributed by atoms with Crippen molar-refractivity contribution in [3.05, 3.63) is 60.6 Å². The predicted molar refractivity (Wildman–Crippen MR) is 124 cm³/mol. The number of aromatic amines is 1. The van der Waals surface area contributed by atoms with Crippen molar-refractivity contribution < 1.29 is 5.11 Å². The summed E-state index contributed by atoms with van der Waals surface area (Å²) < 4.78 is 2.79. The van der Waals surface area contributed by atoms with Crippen molar-refractivity contribution in [3.8, 4) is 5.88 Å². The summed E-state index contributed by atoms with van der Waals surface area (Å²) >= 11 is 8.80. The Morgan fingerprint density at radius 1 is 1.38 bits per heavy atom. The van der Waals surface area contributed by atoms with Gasteiger partial charge in [-0.1, -0.05) is 27.6 Å². The molecule has 2 aromatic rings. The highest BCUT2D eigenvalue weighted by Crippen LogP contribution is 2.38. The Labute approximate surface area is 182 Å². The molecular formula is C22H22BrN3O2S. The van der Waals surface area contributed by atoms with E-state index in [1.165, 1.54) is 18.4 Å². The molecule has 1 aliphatic carbocycles. The van der Waals surface area contributed by atoms with E-state index in [1.54, 1.807) is 10.6 Å². The molecule has 4 rings (SSSR count). The van der Waals surface area contributed by atoms with Gasteiger partial charge in [0.15, 0.2) is 4.77 Å². The van der Waals surface area contributed by atoms with Gasteiger partial charge in [0.1, 0.15) is 5.56 Å². The molecule has 2 heterocycles. The second-order valence-corrected chi connectivity index (χ2v) is 8.73. The van der Waals surface area contributed by atoms with Crippen LogP contribution in [0.4, 0.5) is 5.69 Å². The predicted octanol–water partition coefficient (Wildman–Crippen LogP) is 5.91. The van der Waals surface area contributed by atoms with Crippen LogP contribution >= 0.6 is 28.1 Å². The molecule has 5 nitrogen and oxygen atoms in total. The van der Waals surface area contributed by atoms with E-state index in [-0.39, 0.29) is 16.2 Å². The number of aromatic hydroxyl groups is 1. The number of hydrogen-bond donors (Lipinski definition) is 2. The van der Waals surface area contributed by atoms with Gasteiger partial charge in [0.25, 0.3) is 5.56 Å². The van der Waals surface area contributed by atoms with Crippen LogP contribution in [-0.2, 0) is 6.54 Å². The van der Waals surface area contributed by atoms with E-state index in [0.29, 0.717) is 6.54 Å². The first kappa shape index (κ1) is 20.0. The minimum absolute atomic E-state index is 0.0982. The van der Waals surface area contributed by atoms with Crippen LogP contribution in [0.5, 0.6) is 5.88 Å². The number of H-pyrrole nitrogens is 1. The first-order valence-corrected chi connectivity index (χ1v) is 11.0. The summed E-state index contributed by atoms with van der Waals surface area (Å²) in [4.78, 5) is 19.9. The maximum absolute atomic E-state index is 12.6. The molecule has 1 aromatic carbocycles. The smallest absolute Gasteiger partial charge is 0.262 e. The molecule has 1 aliphatic heterocycles. The van der Waals surface area contributed by atoms with E-state index < -0.39 is 5.56 Å². The normalized spacial score (nSPS) is 17.2. The molecule has 150 valence electrons. The molecule has 0 saturated heterocycles. The Balaban J connectivity index is 1.74. The van der Waals surface area contributed by atoms with Gasteiger partial charge in [0.05, 0.1) is 5.69 Å². The minimum Gasteiger partial charge on any atom is -0.494 e. The number of halogens is 1. The molecule has 2 N–H and O–H groups in total. The number of rotatable bonds is 4. The molecule has 0 amide bonds. The van der Waals surface area contributed by atoms with Crippen LogP contribution in [0.2, 0.25) is 0 Å². The standard InChI is InChI=1S/C22H22BrN3O2S/c1-13-16(17-11-15(23)7-8-19(17)24-13)12-18-20(27)25-22(29)26(21(18)28)10-9-14-5-3-2-4-6-14/h5,7-8,11-12,28H,2-4,6,9-10H2,1H3,(H,25,27,29)/b16-12-. The topological polar surface area (TPSA) is 70.4 Å². The van der Waals surface area contributed by atoms with Crippen LogP contribution in [0, 0.1) is 4.77 Å². The van der Waals surface area contributed by atoms with Gasteiger partial charge in [-0.15, -0.1) is 0 Å². The van der Waals surface area contributed by atoms with Crippen LogP contribution in [0.15, 0.2) is 44.1 Å². The fourth-order valence-corrected chi connectivity index (χ4v) is 4.52. The highest BCUT2D eigenvalue weighted by atomic mass is 79.9. The highest BCUT2D eigenvalue weighted by molar-refractivity contribution is 9.10. The molecular weight excluding hydrogens is 450 g/mol. The highest BCUT2D eigenvalue weighted by Gasteiger charge is 2.20. The SMILES string of the molecule is CC1=Nc2ccc(Br)cc2/C1=C\c1c(O)n(CCC2=CCCCC2)c(=S)[nH]c1=O. The summed E-state index contributed by atoms with van der Waals surface area (Å²) in [5.41, 5.74) is 4.60. The van der Waals surface area contributed by atoms with Crippen LogP contribution in [0.25, 0.3) is 11.6 Å². The van der Waals surface area contributed by atoms with Gasteiger partial charge in [-0.2, -0.15) is 0 Å². The number of nitrogens with zero attached hydrogens (tertiary/aromatic N) is 2. The Bertz CT molecular complexity index is 1190. The van der Waals surface area contributed by atoms with Crippen LogP contribution in [-0.4, -0.2) is 20.4 Å². The quantitative estimate of drug-likeness (QED) is 0.429. The van der Waals surface area contributed by atoms with E-state index >= 15 is 0 Å². The monoisotopic (exact) mass is 471 g/mol. The maximum atomic E-state index is 12.6. The first-order chi connectivity index (χ1) is 13.9. The fourth-order valence-electron chi connectivity index (χ4n) is 3.88. The average molecular weight is 472 g/mol. The third-order valence-electron chi connectivity index (χ3n) is 5.46. The largest absolute Gasteiger partial charge is 0.494 e. The molecule has 0 bridgehead atoms. The summed E-state index contributed by atoms with van der Waals surface area (Å²) in [7, 11) is 0. The molecule has 0 unspecified atom stereocenters. The Kier molecular flexibility index (Phi) is 5.69. The van der Waals surface area contributed by atoms with Gasteiger partial charge in [0, 0.05) is 27.9 Å². The second-order valence-electron chi connectivity index (χ2n) is 7.42. The summed E-state index contributed by atoms with van der Waals surface area (Å²) in [5.74, 6) is -0.0982. The summed E-state index contributed by atoms with van der Waals surface area (Å²) in [6.07, 6.45) is 9.46. The average Bonchev–Trinajstić information content (AvgIpc) is 3.00. The van der Waals surface area contributed by atoms with Crippen molar-refractivity contribution in [1.82, 2.24) is 9.55 Å². The van der Waals surface area contributed by atoms with Gasteiger partial charge in [-0.05, 0) is 75.5 Å². The van der Waals surface area contributed by atoms with Gasteiger partial charge < -0.3 is 5.11 Å². The van der Waals surface area contributed by atoms with Crippen molar-refractivity contribution in [2.45, 2.75) is 45.6 Å². The molecule has 0 atom stereocenters. The van der Waals surface area contributed by atoms with Crippen LogP contribution in [0.3, 0.4) is 0 Å². The lowest BCUT2D eigenvalue weighted by Gasteiger charge is -2.15. The van der Waals surface area contributed by atoms with Crippen molar-refractivity contribution in [2.75, 3.05) is 0 Å². The van der Waals surface area contributed by atoms with E-state index in [4.69, 9.17) is 12.2 Å². The molecule has 0 radical (unpaired) electrons. The van der Waals surface area contributed by atoms with Gasteiger partial charge in [-0.3, -0.25) is 19.3 Å². The number of benzene rings is 1. The lowest BCUT2D eigenvalue weighted by Crippen LogP contribution is -2.17. The third-order valence-corrected chi connectivity index (χ3v) is 6.28. The maximum Gasteiger partial charge on any atom is 0.262 e. The van der Waals surface area contributed by atoms with E-state index in [1.807, 2.05) is 25.1 Å². The summed E-state index contributed by atoms with van der Waals surface area (Å²) in [6, 6.07) is 5.83. The van der Waals surface area contributed by atoms with Crippen LogP contribution < -0.4 is 5.56 Å². The zero-order valence-corrected chi connectivity index (χ0v) is 18.6. The number of hydrogen-bond acceptors (Lipinski definition) is 4. The Hall–Kier alpha value is -2.25. The van der Waals surface area contributed by atoms with E-state index in [0.717, 1.165) is 46.3 Å². The number of aliphatic imine (C=N–C) groups is 1. The molecule has 0 saturated carbocycles. The third kappa shape index (κ3) is 4.07. The molecule has 0 spiro atoms. The van der Waals surface area contributed by atoms with Crippen LogP contribution in [0.1, 0.15) is 50.2 Å². The second kappa shape index (κ2) is 8.24. The van der Waals surface area contributed by atoms with Gasteiger partial charge in [0.2, 0.25) is 5.88 Å². The van der Waals surface area contributed by atoms with E-state index in [9.17, 15) is 9.90 Å². The Morgan fingerprint density at radius 3 is 2.97 bits per heavy atom. The molecule has 0 fully saturated rings. The number of allylic oxidation sites excluding steroid dienone is 3. The van der Waals surface area contributed by atoms with Gasteiger partial charge >= 0.3 is 0 Å². The summed E-state index contributed by atoms with van der Waals surface area (Å²) in [6.45, 7) is 2.44. The van der Waals surface area contributed by atoms with E-state index in [2.05, 4.69) is 32.0 Å². The summed E-state index contributed by atoms with van der Waals surface area (Å²) in [5, 5.41) is 10.9. The fraction of sp³-hybridized carbons (Fsp3) is 0.318. The van der Waals surface area contributed by atoms with Gasteiger partial charge in [-0.25, -0.2) is 0 Å². The Morgan fingerprint density at radius 2 is 2.21 bits per heavy atom. The lowest BCUT2D eigenvalue weighted by atomic mass is 9.97. The first-order valence-electron chi connectivity index (χ1n) is 9.75. The number of aromatic nitrogens is 2. The van der Waals surface area contributed by atoms with Crippen molar-refractivity contribution in [2.24, 2.45) is 4.99 Å².